The average Bonchev–Trinajstić information content (AvgIpc) is 2.84. The Labute approximate surface area is 119 Å². The second-order valence-corrected chi connectivity index (χ2v) is 4.85. The number of hydrogen-bond acceptors (Lipinski definition) is 3. The van der Waals surface area contributed by atoms with Gasteiger partial charge in [0.05, 0.1) is 16.8 Å². The molecule has 0 radical (unpaired) electrons. The first-order chi connectivity index (χ1) is 9.56. The van der Waals surface area contributed by atoms with E-state index in [1.165, 1.54) is 6.07 Å². The third-order valence-corrected chi connectivity index (χ3v) is 3.50. The molecule has 3 rings (SSSR count). The van der Waals surface area contributed by atoms with Crippen molar-refractivity contribution >= 4 is 28.6 Å². The van der Waals surface area contributed by atoms with Gasteiger partial charge in [0.15, 0.2) is 0 Å². The number of carboxylic acids is 1. The lowest BCUT2D eigenvalue weighted by Crippen LogP contribution is -1.99. The molecule has 6 heteroatoms. The summed E-state index contributed by atoms with van der Waals surface area (Å²) in [5, 5.41) is 17.8. The molecule has 3 aromatic rings. The number of nitrogens with zero attached hydrogens (tertiary/aromatic N) is 3. The molecule has 0 spiro atoms. The highest BCUT2D eigenvalue weighted by Crippen LogP contribution is 2.22. The number of hydrogen-bond donors (Lipinski definition) is 1. The molecular formula is C14H10ClN3O2. The van der Waals surface area contributed by atoms with Gasteiger partial charge in [0.1, 0.15) is 5.52 Å². The monoisotopic (exact) mass is 287 g/mol. The lowest BCUT2D eigenvalue weighted by Gasteiger charge is -2.05. The summed E-state index contributed by atoms with van der Waals surface area (Å²) >= 11 is 6.11. The van der Waals surface area contributed by atoms with Crippen molar-refractivity contribution in [1.29, 1.82) is 0 Å². The van der Waals surface area contributed by atoms with Gasteiger partial charge < -0.3 is 5.11 Å². The van der Waals surface area contributed by atoms with E-state index in [0.717, 1.165) is 11.3 Å². The van der Waals surface area contributed by atoms with E-state index >= 15 is 0 Å². The summed E-state index contributed by atoms with van der Waals surface area (Å²) in [6.07, 6.45) is 0. The van der Waals surface area contributed by atoms with Gasteiger partial charge in [-0.3, -0.25) is 0 Å². The first kappa shape index (κ1) is 12.6. The number of aromatic carboxylic acids is 1. The normalized spacial score (nSPS) is 10.9. The zero-order valence-corrected chi connectivity index (χ0v) is 11.3. The highest BCUT2D eigenvalue weighted by Gasteiger charge is 2.11. The predicted octanol–water partition coefficient (Wildman–Crippen LogP) is 3.08. The van der Waals surface area contributed by atoms with Crippen LogP contribution in [-0.2, 0) is 0 Å². The lowest BCUT2D eigenvalue weighted by atomic mass is 10.2. The number of aryl methyl sites for hydroxylation is 1. The molecular weight excluding hydrogens is 278 g/mol. The largest absolute Gasteiger partial charge is 0.478 e. The van der Waals surface area contributed by atoms with Crippen molar-refractivity contribution in [2.45, 2.75) is 6.92 Å². The fraction of sp³-hybridized carbons (Fsp3) is 0.0714. The van der Waals surface area contributed by atoms with E-state index in [9.17, 15) is 4.79 Å². The fourth-order valence-corrected chi connectivity index (χ4v) is 2.13. The van der Waals surface area contributed by atoms with Gasteiger partial charge in [0, 0.05) is 5.02 Å². The Bertz CT molecular complexity index is 826. The molecule has 0 aliphatic rings. The van der Waals surface area contributed by atoms with Crippen LogP contribution >= 0.6 is 11.6 Å². The van der Waals surface area contributed by atoms with Crippen molar-refractivity contribution < 1.29 is 9.90 Å². The van der Waals surface area contributed by atoms with E-state index in [-0.39, 0.29) is 5.56 Å². The van der Waals surface area contributed by atoms with E-state index in [1.807, 2.05) is 19.1 Å². The standard InChI is InChI=1S/C14H10ClN3O2/c1-8-2-4-10(7-11(8)15)18-13-6-9(14(19)20)3-5-12(13)16-17-18/h2-7H,1H3,(H,19,20). The maximum atomic E-state index is 11.0. The molecule has 100 valence electrons. The van der Waals surface area contributed by atoms with Crippen LogP contribution < -0.4 is 0 Å². The maximum Gasteiger partial charge on any atom is 0.335 e. The maximum absolute atomic E-state index is 11.0. The van der Waals surface area contributed by atoms with Crippen LogP contribution in [0.15, 0.2) is 36.4 Å². The fourth-order valence-electron chi connectivity index (χ4n) is 1.96. The summed E-state index contributed by atoms with van der Waals surface area (Å²) in [6, 6.07) is 10.2. The van der Waals surface area contributed by atoms with Crippen LogP contribution in [0.2, 0.25) is 5.02 Å². The number of benzene rings is 2. The molecule has 1 aromatic heterocycles. The lowest BCUT2D eigenvalue weighted by molar-refractivity contribution is 0.0697. The van der Waals surface area contributed by atoms with E-state index in [0.29, 0.717) is 16.1 Å². The number of aromatic nitrogens is 3. The average molecular weight is 288 g/mol. The highest BCUT2D eigenvalue weighted by molar-refractivity contribution is 6.31. The molecule has 1 heterocycles. The molecule has 0 aliphatic heterocycles. The zero-order chi connectivity index (χ0) is 14.3. The van der Waals surface area contributed by atoms with Crippen LogP contribution in [0.3, 0.4) is 0 Å². The summed E-state index contributed by atoms with van der Waals surface area (Å²) in [4.78, 5) is 11.0. The van der Waals surface area contributed by atoms with Gasteiger partial charge in [-0.2, -0.15) is 0 Å². The number of halogens is 1. The smallest absolute Gasteiger partial charge is 0.335 e. The summed E-state index contributed by atoms with van der Waals surface area (Å²) in [5.74, 6) is -0.985. The second kappa shape index (κ2) is 4.61. The van der Waals surface area contributed by atoms with Gasteiger partial charge in [0.2, 0.25) is 0 Å². The Hall–Kier alpha value is -2.40. The Kier molecular flexibility index (Phi) is 2.91. The number of fused-ring (bicyclic) bond motifs is 1. The molecule has 0 atom stereocenters. The van der Waals surface area contributed by atoms with Gasteiger partial charge in [-0.15, -0.1) is 5.10 Å². The van der Waals surface area contributed by atoms with Crippen molar-refractivity contribution in [3.05, 3.63) is 52.5 Å². The quantitative estimate of drug-likeness (QED) is 0.786. The van der Waals surface area contributed by atoms with E-state index < -0.39 is 5.97 Å². The molecule has 0 aliphatic carbocycles. The van der Waals surface area contributed by atoms with Gasteiger partial charge in [0.25, 0.3) is 0 Å². The molecule has 0 bridgehead atoms. The summed E-state index contributed by atoms with van der Waals surface area (Å²) in [5.41, 5.74) is 3.16. The van der Waals surface area contributed by atoms with Gasteiger partial charge in [-0.05, 0) is 42.8 Å². The Morgan fingerprint density at radius 2 is 2.05 bits per heavy atom. The van der Waals surface area contributed by atoms with Crippen LogP contribution in [0.25, 0.3) is 16.7 Å². The van der Waals surface area contributed by atoms with Crippen LogP contribution in [-0.4, -0.2) is 26.1 Å². The van der Waals surface area contributed by atoms with Crippen molar-refractivity contribution in [1.82, 2.24) is 15.0 Å². The van der Waals surface area contributed by atoms with Crippen LogP contribution in [0.5, 0.6) is 0 Å². The minimum Gasteiger partial charge on any atom is -0.478 e. The summed E-state index contributed by atoms with van der Waals surface area (Å²) in [6.45, 7) is 1.91. The highest BCUT2D eigenvalue weighted by atomic mass is 35.5. The molecule has 0 saturated heterocycles. The SMILES string of the molecule is Cc1ccc(-n2nnc3ccc(C(=O)O)cc32)cc1Cl. The molecule has 0 saturated carbocycles. The van der Waals surface area contributed by atoms with Crippen molar-refractivity contribution in [2.24, 2.45) is 0 Å². The molecule has 2 aromatic carbocycles. The number of carbonyl (C=O) groups is 1. The van der Waals surface area contributed by atoms with Crippen LogP contribution in [0.4, 0.5) is 0 Å². The Morgan fingerprint density at radius 1 is 1.25 bits per heavy atom. The van der Waals surface area contributed by atoms with E-state index in [1.54, 1.807) is 22.9 Å². The van der Waals surface area contributed by atoms with E-state index in [4.69, 9.17) is 16.7 Å². The summed E-state index contributed by atoms with van der Waals surface area (Å²) in [7, 11) is 0. The third-order valence-electron chi connectivity index (χ3n) is 3.09. The topological polar surface area (TPSA) is 68.0 Å². The van der Waals surface area contributed by atoms with Gasteiger partial charge in [-0.25, -0.2) is 9.48 Å². The number of rotatable bonds is 2. The van der Waals surface area contributed by atoms with Gasteiger partial charge in [-0.1, -0.05) is 22.9 Å². The van der Waals surface area contributed by atoms with Gasteiger partial charge >= 0.3 is 5.97 Å². The van der Waals surface area contributed by atoms with Crippen molar-refractivity contribution in [2.75, 3.05) is 0 Å². The minimum absolute atomic E-state index is 0.194. The third kappa shape index (κ3) is 2.02. The summed E-state index contributed by atoms with van der Waals surface area (Å²) < 4.78 is 1.58. The molecule has 20 heavy (non-hydrogen) atoms. The second-order valence-electron chi connectivity index (χ2n) is 4.44. The molecule has 0 fully saturated rings. The van der Waals surface area contributed by atoms with Crippen molar-refractivity contribution in [3.63, 3.8) is 0 Å². The van der Waals surface area contributed by atoms with Crippen molar-refractivity contribution in [3.8, 4) is 5.69 Å². The molecule has 1 N–H and O–H groups in total. The molecule has 0 amide bonds. The predicted molar refractivity (Wildman–Crippen MR) is 75.6 cm³/mol. The number of carboxylic acid groups (broad SMARTS) is 1. The molecule has 5 nitrogen and oxygen atoms in total. The Morgan fingerprint density at radius 3 is 2.75 bits per heavy atom. The van der Waals surface area contributed by atoms with Crippen LogP contribution in [0, 0.1) is 6.92 Å². The first-order valence-electron chi connectivity index (χ1n) is 5.91. The van der Waals surface area contributed by atoms with E-state index in [2.05, 4.69) is 10.3 Å². The minimum atomic E-state index is -0.985. The molecule has 0 unspecified atom stereocenters. The first-order valence-corrected chi connectivity index (χ1v) is 6.29. The van der Waals surface area contributed by atoms with Crippen LogP contribution in [0.1, 0.15) is 15.9 Å². The Balaban J connectivity index is 2.22. The zero-order valence-electron chi connectivity index (χ0n) is 10.5.